The molecule has 33 heavy (non-hydrogen) atoms. The normalized spacial score (nSPS) is 19.4. The second-order valence-electron chi connectivity index (χ2n) is 7.94. The van der Waals surface area contributed by atoms with Gasteiger partial charge in [-0.25, -0.2) is 9.79 Å². The highest BCUT2D eigenvalue weighted by Crippen LogP contribution is 2.46. The number of hydrogen-bond acceptors (Lipinski definition) is 8. The number of esters is 1. The number of fused-ring (bicyclic) bond motifs is 1. The van der Waals surface area contributed by atoms with Crippen molar-refractivity contribution in [1.82, 2.24) is 10.2 Å². The van der Waals surface area contributed by atoms with Crippen LogP contribution in [0.25, 0.3) is 0 Å². The first kappa shape index (κ1) is 23.0. The van der Waals surface area contributed by atoms with Gasteiger partial charge < -0.3 is 24.4 Å². The molecule has 0 radical (unpaired) electrons. The summed E-state index contributed by atoms with van der Waals surface area (Å²) in [5.74, 6) is 0.651. The second-order valence-corrected chi connectivity index (χ2v) is 8.78. The van der Waals surface area contributed by atoms with Crippen molar-refractivity contribution < 1.29 is 23.8 Å². The van der Waals surface area contributed by atoms with Crippen LogP contribution in [0.15, 0.2) is 58.2 Å². The van der Waals surface area contributed by atoms with Crippen LogP contribution in [0.3, 0.4) is 0 Å². The molecule has 4 rings (SSSR count). The molecule has 1 amide bonds. The van der Waals surface area contributed by atoms with Crippen LogP contribution < -0.4 is 14.8 Å². The van der Waals surface area contributed by atoms with Crippen LogP contribution >= 0.6 is 11.8 Å². The van der Waals surface area contributed by atoms with Crippen LogP contribution in [0.2, 0.25) is 0 Å². The lowest BCUT2D eigenvalue weighted by Gasteiger charge is -2.36. The van der Waals surface area contributed by atoms with E-state index < -0.39 is 12.0 Å². The Labute approximate surface area is 197 Å². The van der Waals surface area contributed by atoms with Crippen molar-refractivity contribution in [3.8, 4) is 11.5 Å². The van der Waals surface area contributed by atoms with E-state index in [-0.39, 0.29) is 25.0 Å². The number of carbonyl (C=O) groups excluding carboxylic acids is 2. The van der Waals surface area contributed by atoms with Crippen molar-refractivity contribution in [3.05, 3.63) is 58.8 Å². The number of benzene rings is 1. The fourth-order valence-electron chi connectivity index (χ4n) is 3.82. The van der Waals surface area contributed by atoms with E-state index >= 15 is 0 Å². The third-order valence-electron chi connectivity index (χ3n) is 5.53. The van der Waals surface area contributed by atoms with Crippen molar-refractivity contribution in [3.63, 3.8) is 0 Å². The van der Waals surface area contributed by atoms with E-state index in [1.54, 1.807) is 27.2 Å². The Hall–Kier alpha value is -3.20. The standard InChI is InChI=1S/C24H27N3O5S/c1-5-8-32-23(29)21-14(2)25-24-27(17(13-33-24)11-20(28)26-16-6-7-16)22(21)15-9-18(30-3)12-19(10-15)31-4/h5,9-10,12-13,16,22H,1,6-8,11H2,2-4H3,(H,26,28)/t22-/m1/s1. The lowest BCUT2D eigenvalue weighted by molar-refractivity contribution is -0.138. The summed E-state index contributed by atoms with van der Waals surface area (Å²) in [7, 11) is 3.15. The molecular formula is C24H27N3O5S. The number of hydrogen-bond donors (Lipinski definition) is 1. The molecule has 1 aliphatic carbocycles. The minimum Gasteiger partial charge on any atom is -0.497 e. The molecule has 0 bridgehead atoms. The number of nitrogens with zero attached hydrogens (tertiary/aromatic N) is 2. The number of thioether (sulfide) groups is 1. The van der Waals surface area contributed by atoms with Gasteiger partial charge >= 0.3 is 5.97 Å². The van der Waals surface area contributed by atoms with Gasteiger partial charge in [0, 0.05) is 17.8 Å². The number of ether oxygens (including phenoxy) is 3. The summed E-state index contributed by atoms with van der Waals surface area (Å²) in [5.41, 5.74) is 2.49. The number of amides is 1. The monoisotopic (exact) mass is 469 g/mol. The number of aliphatic imine (C=N–C) groups is 1. The maximum absolute atomic E-state index is 13.1. The second kappa shape index (κ2) is 9.74. The first-order valence-corrected chi connectivity index (χ1v) is 11.6. The molecular weight excluding hydrogens is 442 g/mol. The number of carbonyl (C=O) groups is 2. The predicted octanol–water partition coefficient (Wildman–Crippen LogP) is 3.68. The van der Waals surface area contributed by atoms with Crippen molar-refractivity contribution in [2.45, 2.75) is 38.3 Å². The van der Waals surface area contributed by atoms with E-state index in [0.717, 1.165) is 24.1 Å². The Morgan fingerprint density at radius 3 is 2.55 bits per heavy atom. The smallest absolute Gasteiger partial charge is 0.338 e. The topological polar surface area (TPSA) is 89.5 Å². The summed E-state index contributed by atoms with van der Waals surface area (Å²) in [6.45, 7) is 5.50. The zero-order valence-corrected chi connectivity index (χ0v) is 19.7. The Balaban J connectivity index is 1.76. The molecule has 174 valence electrons. The molecule has 0 spiro atoms. The molecule has 1 fully saturated rings. The van der Waals surface area contributed by atoms with Crippen LogP contribution in [0.1, 0.15) is 37.8 Å². The fraction of sp³-hybridized carbons (Fsp3) is 0.375. The number of methoxy groups -OCH3 is 2. The molecule has 1 N–H and O–H groups in total. The Morgan fingerprint density at radius 1 is 1.24 bits per heavy atom. The van der Waals surface area contributed by atoms with Gasteiger partial charge in [-0.1, -0.05) is 24.4 Å². The average Bonchev–Trinajstić information content (AvgIpc) is 3.54. The SMILES string of the molecule is C=CCOC(=O)C1=C(C)N=C2SC=C(CC(=O)NC3CC3)N2[C@@H]1c1cc(OC)cc(OC)c1. The highest BCUT2D eigenvalue weighted by atomic mass is 32.2. The summed E-state index contributed by atoms with van der Waals surface area (Å²) >= 11 is 1.43. The van der Waals surface area contributed by atoms with Gasteiger partial charge in [0.05, 0.1) is 38.0 Å². The summed E-state index contributed by atoms with van der Waals surface area (Å²) in [6.07, 6.45) is 3.75. The van der Waals surface area contributed by atoms with Gasteiger partial charge in [0.1, 0.15) is 18.1 Å². The van der Waals surface area contributed by atoms with Crippen molar-refractivity contribution in [2.24, 2.45) is 4.99 Å². The summed E-state index contributed by atoms with van der Waals surface area (Å²) in [6, 6.07) is 5.19. The lowest BCUT2D eigenvalue weighted by Crippen LogP contribution is -2.38. The van der Waals surface area contributed by atoms with Crippen LogP contribution in [0.4, 0.5) is 0 Å². The molecule has 0 unspecified atom stereocenters. The number of rotatable bonds is 9. The zero-order chi connectivity index (χ0) is 23.5. The summed E-state index contributed by atoms with van der Waals surface area (Å²) in [5, 5.41) is 5.65. The van der Waals surface area contributed by atoms with E-state index in [4.69, 9.17) is 14.2 Å². The van der Waals surface area contributed by atoms with E-state index in [1.165, 1.54) is 17.8 Å². The van der Waals surface area contributed by atoms with E-state index in [0.29, 0.717) is 27.9 Å². The molecule has 2 aliphatic heterocycles. The van der Waals surface area contributed by atoms with Crippen molar-refractivity contribution >= 4 is 28.8 Å². The van der Waals surface area contributed by atoms with Crippen molar-refractivity contribution in [1.29, 1.82) is 0 Å². The molecule has 1 aromatic rings. The van der Waals surface area contributed by atoms with E-state index in [1.807, 2.05) is 22.4 Å². The number of nitrogens with one attached hydrogen (secondary N) is 1. The average molecular weight is 470 g/mol. The van der Waals surface area contributed by atoms with Crippen LogP contribution in [-0.2, 0) is 14.3 Å². The van der Waals surface area contributed by atoms with Gasteiger partial charge in [-0.05, 0) is 42.9 Å². The molecule has 1 aromatic carbocycles. The molecule has 1 saturated carbocycles. The Bertz CT molecular complexity index is 1050. The van der Waals surface area contributed by atoms with Gasteiger partial charge in [0.15, 0.2) is 5.17 Å². The molecule has 2 heterocycles. The molecule has 8 nitrogen and oxygen atoms in total. The number of amidine groups is 1. The summed E-state index contributed by atoms with van der Waals surface area (Å²) < 4.78 is 16.4. The van der Waals surface area contributed by atoms with Crippen LogP contribution in [0.5, 0.6) is 11.5 Å². The predicted molar refractivity (Wildman–Crippen MR) is 127 cm³/mol. The molecule has 3 aliphatic rings. The largest absolute Gasteiger partial charge is 0.497 e. The van der Waals surface area contributed by atoms with Gasteiger partial charge in [-0.2, -0.15) is 0 Å². The Kier molecular flexibility index (Phi) is 6.78. The maximum atomic E-state index is 13.1. The maximum Gasteiger partial charge on any atom is 0.338 e. The minimum absolute atomic E-state index is 0.0466. The molecule has 1 atom stereocenters. The van der Waals surface area contributed by atoms with Gasteiger partial charge in [-0.15, -0.1) is 0 Å². The van der Waals surface area contributed by atoms with Gasteiger partial charge in [0.2, 0.25) is 5.91 Å². The van der Waals surface area contributed by atoms with Crippen LogP contribution in [-0.4, -0.2) is 48.8 Å². The fourth-order valence-corrected chi connectivity index (χ4v) is 4.78. The quantitative estimate of drug-likeness (QED) is 0.436. The van der Waals surface area contributed by atoms with E-state index in [9.17, 15) is 9.59 Å². The highest BCUT2D eigenvalue weighted by molar-refractivity contribution is 8.16. The van der Waals surface area contributed by atoms with Crippen molar-refractivity contribution in [2.75, 3.05) is 20.8 Å². The Morgan fingerprint density at radius 2 is 1.94 bits per heavy atom. The van der Waals surface area contributed by atoms with Gasteiger partial charge in [0.25, 0.3) is 0 Å². The zero-order valence-electron chi connectivity index (χ0n) is 18.9. The highest BCUT2D eigenvalue weighted by Gasteiger charge is 2.41. The molecule has 0 aromatic heterocycles. The first-order chi connectivity index (χ1) is 15.9. The van der Waals surface area contributed by atoms with E-state index in [2.05, 4.69) is 16.9 Å². The molecule has 0 saturated heterocycles. The first-order valence-electron chi connectivity index (χ1n) is 10.7. The third kappa shape index (κ3) is 4.93. The summed E-state index contributed by atoms with van der Waals surface area (Å²) in [4.78, 5) is 32.3. The number of allylic oxidation sites excluding steroid dienone is 1. The lowest BCUT2D eigenvalue weighted by atomic mass is 9.93. The van der Waals surface area contributed by atoms with Gasteiger partial charge in [-0.3, -0.25) is 4.79 Å². The van der Waals surface area contributed by atoms with Crippen LogP contribution in [0, 0.1) is 0 Å². The molecule has 9 heteroatoms. The minimum atomic E-state index is -0.561. The third-order valence-corrected chi connectivity index (χ3v) is 6.42.